The van der Waals surface area contributed by atoms with E-state index in [9.17, 15) is 26.4 Å². The molecule has 0 spiro atoms. The number of sulfone groups is 1. The Morgan fingerprint density at radius 1 is 1.12 bits per heavy atom. The maximum atomic E-state index is 14.3. The monoisotopic (exact) mass is 706 g/mol. The smallest absolute Gasteiger partial charge is 0.416 e. The molecule has 0 radical (unpaired) electrons. The molecule has 2 aliphatic rings. The largest absolute Gasteiger partial charge is 0.492 e. The van der Waals surface area contributed by atoms with Crippen LogP contribution < -0.4 is 4.74 Å². The summed E-state index contributed by atoms with van der Waals surface area (Å²) in [5.74, 6) is -1.53. The molecule has 2 aromatic carbocycles. The van der Waals surface area contributed by atoms with Gasteiger partial charge in [0.05, 0.1) is 33.7 Å². The second-order valence-corrected chi connectivity index (χ2v) is 12.6. The first-order chi connectivity index (χ1) is 15.4. The third kappa shape index (κ3) is 3.95. The molecule has 0 bridgehead atoms. The Hall–Kier alpha value is -1.09. The van der Waals surface area contributed by atoms with Gasteiger partial charge in [0.25, 0.3) is 0 Å². The molecule has 3 atom stereocenters. The Balaban J connectivity index is 1.98. The number of rotatable bonds is 3. The third-order valence-electron chi connectivity index (χ3n) is 6.51. The lowest BCUT2D eigenvalue weighted by molar-refractivity contribution is -0.150. The van der Waals surface area contributed by atoms with Crippen LogP contribution in [0.1, 0.15) is 30.4 Å². The van der Waals surface area contributed by atoms with E-state index in [1.807, 2.05) is 6.07 Å². The number of fused-ring (bicyclic) bond motifs is 3. The van der Waals surface area contributed by atoms with E-state index in [4.69, 9.17) is 9.47 Å². The van der Waals surface area contributed by atoms with Gasteiger partial charge in [0.15, 0.2) is 9.84 Å². The van der Waals surface area contributed by atoms with Crippen molar-refractivity contribution >= 4 is 61.0 Å². The third-order valence-corrected chi connectivity index (χ3v) is 10.8. The molecule has 2 aromatic rings. The summed E-state index contributed by atoms with van der Waals surface area (Å²) >= 11 is 4.13. The zero-order chi connectivity index (χ0) is 24.2. The van der Waals surface area contributed by atoms with Gasteiger partial charge in [-0.3, -0.25) is 4.79 Å². The highest BCUT2D eigenvalue weighted by molar-refractivity contribution is 14.1. The average molecular weight is 706 g/mol. The van der Waals surface area contributed by atoms with Gasteiger partial charge in [0.1, 0.15) is 10.5 Å². The van der Waals surface area contributed by atoms with Crippen molar-refractivity contribution in [1.29, 1.82) is 0 Å². The van der Waals surface area contributed by atoms with Gasteiger partial charge < -0.3 is 9.47 Å². The average Bonchev–Trinajstić information content (AvgIpc) is 2.79. The fourth-order valence-corrected chi connectivity index (χ4v) is 9.16. The maximum Gasteiger partial charge on any atom is 0.416 e. The molecule has 1 aliphatic heterocycles. The maximum absolute atomic E-state index is 14.3. The van der Waals surface area contributed by atoms with E-state index in [0.29, 0.717) is 27.7 Å². The quantitative estimate of drug-likeness (QED) is 0.309. The Labute approximate surface area is 216 Å². The standard InChI is InChI=1S/C22H19F3I2O5S/c1-31-20(28)14-3-2-10-21(15(14)11-32-19-17(27)9-8-16(26)18(19)21)33(29,30)13-6-4-12(5-7-13)22(23,24)25/h4-9,14-15H,2-3,10-11H2,1H3/t14-,15+,21+/m1/s1. The highest BCUT2D eigenvalue weighted by Crippen LogP contribution is 2.58. The number of benzene rings is 2. The van der Waals surface area contributed by atoms with Crippen molar-refractivity contribution in [2.75, 3.05) is 13.7 Å². The van der Waals surface area contributed by atoms with Crippen molar-refractivity contribution in [1.82, 2.24) is 0 Å². The minimum Gasteiger partial charge on any atom is -0.492 e. The van der Waals surface area contributed by atoms with Crippen molar-refractivity contribution in [2.45, 2.75) is 35.1 Å². The van der Waals surface area contributed by atoms with E-state index < -0.39 is 44.1 Å². The van der Waals surface area contributed by atoms with Gasteiger partial charge in [-0.05, 0) is 94.4 Å². The molecule has 33 heavy (non-hydrogen) atoms. The first kappa shape index (κ1) is 25.0. The van der Waals surface area contributed by atoms with Crippen LogP contribution in [0.3, 0.4) is 0 Å². The zero-order valence-corrected chi connectivity index (χ0v) is 22.4. The number of carbonyl (C=O) groups excluding carboxylic acids is 1. The van der Waals surface area contributed by atoms with Crippen molar-refractivity contribution in [3.63, 3.8) is 0 Å². The summed E-state index contributed by atoms with van der Waals surface area (Å²) in [6.07, 6.45) is -3.47. The lowest BCUT2D eigenvalue weighted by Crippen LogP contribution is -2.55. The summed E-state index contributed by atoms with van der Waals surface area (Å²) in [6.45, 7) is -0.0112. The fourth-order valence-electron chi connectivity index (χ4n) is 5.03. The molecule has 1 aliphatic carbocycles. The van der Waals surface area contributed by atoms with E-state index in [0.717, 1.165) is 27.8 Å². The topological polar surface area (TPSA) is 69.7 Å². The molecular weight excluding hydrogens is 687 g/mol. The lowest BCUT2D eigenvalue weighted by Gasteiger charge is -2.50. The van der Waals surface area contributed by atoms with E-state index in [-0.39, 0.29) is 17.9 Å². The van der Waals surface area contributed by atoms with Gasteiger partial charge in [-0.15, -0.1) is 0 Å². The van der Waals surface area contributed by atoms with E-state index in [1.165, 1.54) is 7.11 Å². The molecule has 4 rings (SSSR count). The van der Waals surface area contributed by atoms with Crippen LogP contribution in [0.4, 0.5) is 13.2 Å². The van der Waals surface area contributed by atoms with Gasteiger partial charge in [0, 0.05) is 15.1 Å². The Morgan fingerprint density at radius 2 is 1.76 bits per heavy atom. The number of alkyl halides is 3. The summed E-state index contributed by atoms with van der Waals surface area (Å²) in [5, 5.41) is 0. The first-order valence-corrected chi connectivity index (χ1v) is 13.7. The van der Waals surface area contributed by atoms with Gasteiger partial charge >= 0.3 is 12.1 Å². The van der Waals surface area contributed by atoms with Crippen LogP contribution in [0.2, 0.25) is 0 Å². The lowest BCUT2D eigenvalue weighted by atomic mass is 9.67. The van der Waals surface area contributed by atoms with Crippen LogP contribution >= 0.6 is 45.2 Å². The van der Waals surface area contributed by atoms with Crippen LogP contribution in [-0.4, -0.2) is 28.1 Å². The SMILES string of the molecule is COC(=O)[C@@H]1CCC[C@@]2(S(=O)(=O)c3ccc(C(F)(F)F)cc3)c3c(I)ccc(I)c3OC[C@@H]12. The number of esters is 1. The van der Waals surface area contributed by atoms with Crippen LogP contribution in [0, 0.1) is 19.0 Å². The predicted molar refractivity (Wildman–Crippen MR) is 131 cm³/mol. The Bertz CT molecular complexity index is 1200. The van der Waals surface area contributed by atoms with Gasteiger partial charge in [-0.1, -0.05) is 6.42 Å². The van der Waals surface area contributed by atoms with Gasteiger partial charge in [-0.25, -0.2) is 8.42 Å². The van der Waals surface area contributed by atoms with Crippen molar-refractivity contribution in [3.05, 3.63) is 54.7 Å². The summed E-state index contributed by atoms with van der Waals surface area (Å²) in [7, 11) is -2.98. The van der Waals surface area contributed by atoms with Crippen molar-refractivity contribution in [3.8, 4) is 5.75 Å². The first-order valence-electron chi connectivity index (χ1n) is 10.1. The number of ether oxygens (including phenoxy) is 2. The highest BCUT2D eigenvalue weighted by Gasteiger charge is 2.61. The van der Waals surface area contributed by atoms with Crippen LogP contribution in [0.25, 0.3) is 0 Å². The number of halogens is 5. The van der Waals surface area contributed by atoms with E-state index in [2.05, 4.69) is 45.2 Å². The molecule has 0 amide bonds. The molecule has 1 fully saturated rings. The molecule has 0 N–H and O–H groups in total. The van der Waals surface area contributed by atoms with Crippen LogP contribution in [0.5, 0.6) is 5.75 Å². The number of hydrogen-bond donors (Lipinski definition) is 0. The predicted octanol–water partition coefficient (Wildman–Crippen LogP) is 5.57. The molecule has 0 aromatic heterocycles. The molecular formula is C22H19F3I2O5S. The van der Waals surface area contributed by atoms with Crippen LogP contribution in [0.15, 0.2) is 41.3 Å². The normalized spacial score (nSPS) is 24.9. The minimum absolute atomic E-state index is 0.0112. The fraction of sp³-hybridized carbons (Fsp3) is 0.409. The molecule has 1 heterocycles. The molecule has 5 nitrogen and oxygen atoms in total. The van der Waals surface area contributed by atoms with E-state index in [1.54, 1.807) is 6.07 Å². The summed E-state index contributed by atoms with van der Waals surface area (Å²) < 4.78 is 78.7. The summed E-state index contributed by atoms with van der Waals surface area (Å²) in [4.78, 5) is 12.4. The Kier molecular flexibility index (Phi) is 6.71. The molecule has 1 saturated carbocycles. The minimum atomic E-state index is -4.58. The highest BCUT2D eigenvalue weighted by atomic mass is 127. The van der Waals surface area contributed by atoms with Gasteiger partial charge in [-0.2, -0.15) is 13.2 Å². The molecule has 11 heteroatoms. The zero-order valence-electron chi connectivity index (χ0n) is 17.3. The van der Waals surface area contributed by atoms with Crippen molar-refractivity contribution < 1.29 is 35.9 Å². The van der Waals surface area contributed by atoms with Crippen LogP contribution in [-0.2, 0) is 30.3 Å². The number of carbonyl (C=O) groups is 1. The number of hydrogen-bond acceptors (Lipinski definition) is 5. The molecule has 0 unspecified atom stereocenters. The summed E-state index contributed by atoms with van der Waals surface area (Å²) in [6, 6.07) is 7.17. The Morgan fingerprint density at radius 3 is 2.36 bits per heavy atom. The second kappa shape index (κ2) is 8.85. The van der Waals surface area contributed by atoms with Gasteiger partial charge in [0.2, 0.25) is 0 Å². The second-order valence-electron chi connectivity index (χ2n) is 8.09. The summed E-state index contributed by atoms with van der Waals surface area (Å²) in [5.41, 5.74) is -0.456. The van der Waals surface area contributed by atoms with Crippen molar-refractivity contribution in [2.24, 2.45) is 11.8 Å². The number of methoxy groups -OCH3 is 1. The van der Waals surface area contributed by atoms with E-state index >= 15 is 0 Å². The molecule has 178 valence electrons. The molecule has 0 saturated heterocycles.